The minimum absolute atomic E-state index is 0.210. The van der Waals surface area contributed by atoms with E-state index in [0.717, 1.165) is 19.4 Å². The maximum atomic E-state index is 4.78. The summed E-state index contributed by atoms with van der Waals surface area (Å²) in [7, 11) is 0. The topological polar surface area (TPSA) is 29.9 Å². The third-order valence-corrected chi connectivity index (χ3v) is 4.87. The first-order valence-electron chi connectivity index (χ1n) is 7.67. The molecule has 0 amide bonds. The molecule has 2 atom stereocenters. The summed E-state index contributed by atoms with van der Waals surface area (Å²) in [5.41, 5.74) is 1.70. The van der Waals surface area contributed by atoms with Gasteiger partial charge in [-0.1, -0.05) is 27.7 Å². The highest BCUT2D eigenvalue weighted by atomic mass is 15.3. The first-order chi connectivity index (χ1) is 8.88. The van der Waals surface area contributed by atoms with E-state index in [-0.39, 0.29) is 11.0 Å². The van der Waals surface area contributed by atoms with E-state index < -0.39 is 0 Å². The van der Waals surface area contributed by atoms with Gasteiger partial charge in [0.15, 0.2) is 0 Å². The minimum Gasteiger partial charge on any atom is -0.310 e. The second kappa shape index (κ2) is 5.28. The Kier molecular flexibility index (Phi) is 4.05. The van der Waals surface area contributed by atoms with Crippen LogP contribution in [0.3, 0.4) is 0 Å². The van der Waals surface area contributed by atoms with Crippen LogP contribution in [-0.4, -0.2) is 21.9 Å². The van der Waals surface area contributed by atoms with Gasteiger partial charge in [-0.3, -0.25) is 4.68 Å². The Balaban J connectivity index is 2.16. The Hall–Kier alpha value is -0.830. The highest BCUT2D eigenvalue weighted by Gasteiger charge is 2.44. The highest BCUT2D eigenvalue weighted by Crippen LogP contribution is 2.39. The zero-order valence-corrected chi connectivity index (χ0v) is 13.2. The molecule has 0 saturated carbocycles. The summed E-state index contributed by atoms with van der Waals surface area (Å²) in [5.74, 6) is 0. The standard InChI is InChI=1S/C16H29N3/c1-6-13(2)19-11-8-14(18-19)12-16(15(3,4)5)9-7-10-17-16/h8,11,13,17H,6-7,9-10,12H2,1-5H3. The molecular formula is C16H29N3. The molecule has 2 rings (SSSR count). The Morgan fingerprint density at radius 3 is 2.74 bits per heavy atom. The van der Waals surface area contributed by atoms with Crippen molar-refractivity contribution in [1.82, 2.24) is 15.1 Å². The van der Waals surface area contributed by atoms with Gasteiger partial charge < -0.3 is 5.32 Å². The van der Waals surface area contributed by atoms with E-state index in [1.54, 1.807) is 0 Å². The van der Waals surface area contributed by atoms with Crippen molar-refractivity contribution in [2.75, 3.05) is 6.54 Å². The normalized spacial score (nSPS) is 25.7. The molecule has 3 heteroatoms. The molecule has 2 heterocycles. The first kappa shape index (κ1) is 14.6. The fraction of sp³-hybridized carbons (Fsp3) is 0.812. The third kappa shape index (κ3) is 2.86. The van der Waals surface area contributed by atoms with Gasteiger partial charge in [0, 0.05) is 24.2 Å². The summed E-state index contributed by atoms with van der Waals surface area (Å²) in [6.45, 7) is 12.6. The summed E-state index contributed by atoms with van der Waals surface area (Å²) in [4.78, 5) is 0. The van der Waals surface area contributed by atoms with Crippen LogP contribution in [0.5, 0.6) is 0 Å². The summed E-state index contributed by atoms with van der Waals surface area (Å²) in [5, 5.41) is 8.54. The lowest BCUT2D eigenvalue weighted by molar-refractivity contribution is 0.158. The molecule has 19 heavy (non-hydrogen) atoms. The fourth-order valence-corrected chi connectivity index (χ4v) is 3.08. The Bertz CT molecular complexity index is 408. The van der Waals surface area contributed by atoms with Crippen LogP contribution in [0.4, 0.5) is 0 Å². The molecule has 0 spiro atoms. The molecule has 1 aromatic heterocycles. The van der Waals surface area contributed by atoms with E-state index in [0.29, 0.717) is 6.04 Å². The van der Waals surface area contributed by atoms with Gasteiger partial charge in [0.2, 0.25) is 0 Å². The molecule has 0 aromatic carbocycles. The average molecular weight is 263 g/mol. The van der Waals surface area contributed by atoms with Crippen molar-refractivity contribution < 1.29 is 0 Å². The maximum absolute atomic E-state index is 4.78. The van der Waals surface area contributed by atoms with Crippen molar-refractivity contribution in [2.45, 2.75) is 71.9 Å². The molecule has 1 N–H and O–H groups in total. The predicted octanol–water partition coefficient (Wildman–Crippen LogP) is 3.56. The minimum atomic E-state index is 0.210. The van der Waals surface area contributed by atoms with Gasteiger partial charge in [-0.2, -0.15) is 5.10 Å². The molecule has 1 saturated heterocycles. The molecule has 0 aliphatic carbocycles. The van der Waals surface area contributed by atoms with E-state index >= 15 is 0 Å². The lowest BCUT2D eigenvalue weighted by atomic mass is 9.70. The Labute approximate surface area is 117 Å². The molecule has 1 aromatic rings. The average Bonchev–Trinajstić information content (AvgIpc) is 2.97. The van der Waals surface area contributed by atoms with Gasteiger partial charge in [0.05, 0.1) is 5.69 Å². The number of hydrogen-bond acceptors (Lipinski definition) is 2. The van der Waals surface area contributed by atoms with Crippen LogP contribution in [-0.2, 0) is 6.42 Å². The summed E-state index contributed by atoms with van der Waals surface area (Å²) < 4.78 is 2.11. The summed E-state index contributed by atoms with van der Waals surface area (Å²) >= 11 is 0. The van der Waals surface area contributed by atoms with Crippen LogP contribution >= 0.6 is 0 Å². The second-order valence-electron chi connectivity index (χ2n) is 7.08. The van der Waals surface area contributed by atoms with Gasteiger partial charge in [-0.05, 0) is 44.2 Å². The molecule has 0 bridgehead atoms. The highest BCUT2D eigenvalue weighted by molar-refractivity contribution is 5.12. The lowest BCUT2D eigenvalue weighted by Crippen LogP contribution is -2.52. The quantitative estimate of drug-likeness (QED) is 0.900. The van der Waals surface area contributed by atoms with Crippen molar-refractivity contribution in [1.29, 1.82) is 0 Å². The summed E-state index contributed by atoms with van der Waals surface area (Å²) in [6, 6.07) is 2.69. The van der Waals surface area contributed by atoms with Crippen LogP contribution in [0.2, 0.25) is 0 Å². The van der Waals surface area contributed by atoms with E-state index in [1.165, 1.54) is 18.5 Å². The zero-order chi connectivity index (χ0) is 14.1. The SMILES string of the molecule is CCC(C)n1ccc(CC2(C(C)(C)C)CCCN2)n1. The molecule has 2 unspecified atom stereocenters. The Morgan fingerprint density at radius 1 is 1.47 bits per heavy atom. The first-order valence-corrected chi connectivity index (χ1v) is 7.67. The Morgan fingerprint density at radius 2 is 2.21 bits per heavy atom. The molecule has 108 valence electrons. The summed E-state index contributed by atoms with van der Waals surface area (Å²) in [6.07, 6.45) is 6.84. The number of aromatic nitrogens is 2. The van der Waals surface area contributed by atoms with E-state index in [4.69, 9.17) is 5.10 Å². The number of hydrogen-bond donors (Lipinski definition) is 1. The van der Waals surface area contributed by atoms with Gasteiger partial charge in [-0.25, -0.2) is 0 Å². The van der Waals surface area contributed by atoms with Crippen LogP contribution in [0.25, 0.3) is 0 Å². The van der Waals surface area contributed by atoms with Gasteiger partial charge in [-0.15, -0.1) is 0 Å². The van der Waals surface area contributed by atoms with Crippen molar-refractivity contribution in [3.8, 4) is 0 Å². The van der Waals surface area contributed by atoms with E-state index in [2.05, 4.69) is 56.9 Å². The fourth-order valence-electron chi connectivity index (χ4n) is 3.08. The molecule has 1 aliphatic heterocycles. The van der Waals surface area contributed by atoms with Gasteiger partial charge >= 0.3 is 0 Å². The van der Waals surface area contributed by atoms with Crippen molar-refractivity contribution >= 4 is 0 Å². The number of nitrogens with one attached hydrogen (secondary N) is 1. The van der Waals surface area contributed by atoms with E-state index in [9.17, 15) is 0 Å². The van der Waals surface area contributed by atoms with Crippen LogP contribution < -0.4 is 5.32 Å². The van der Waals surface area contributed by atoms with Crippen LogP contribution in [0.15, 0.2) is 12.3 Å². The molecule has 3 nitrogen and oxygen atoms in total. The van der Waals surface area contributed by atoms with Crippen molar-refractivity contribution in [3.05, 3.63) is 18.0 Å². The molecular weight excluding hydrogens is 234 g/mol. The number of nitrogens with zero attached hydrogens (tertiary/aromatic N) is 2. The second-order valence-corrected chi connectivity index (χ2v) is 7.08. The molecule has 1 aliphatic rings. The largest absolute Gasteiger partial charge is 0.310 e. The maximum Gasteiger partial charge on any atom is 0.0643 e. The monoisotopic (exact) mass is 263 g/mol. The zero-order valence-electron chi connectivity index (χ0n) is 13.2. The van der Waals surface area contributed by atoms with Gasteiger partial charge in [0.25, 0.3) is 0 Å². The van der Waals surface area contributed by atoms with Crippen molar-refractivity contribution in [2.24, 2.45) is 5.41 Å². The van der Waals surface area contributed by atoms with Crippen LogP contribution in [0.1, 0.15) is 65.6 Å². The molecule has 1 fully saturated rings. The van der Waals surface area contributed by atoms with Crippen molar-refractivity contribution in [3.63, 3.8) is 0 Å². The number of rotatable bonds is 4. The smallest absolute Gasteiger partial charge is 0.0643 e. The van der Waals surface area contributed by atoms with E-state index in [1.807, 2.05) is 0 Å². The lowest BCUT2D eigenvalue weighted by Gasteiger charge is -2.42. The molecule has 0 radical (unpaired) electrons. The van der Waals surface area contributed by atoms with Gasteiger partial charge in [0.1, 0.15) is 0 Å². The third-order valence-electron chi connectivity index (χ3n) is 4.87. The van der Waals surface area contributed by atoms with Crippen LogP contribution in [0, 0.1) is 5.41 Å². The predicted molar refractivity (Wildman–Crippen MR) is 80.4 cm³/mol.